The quantitative estimate of drug-likeness (QED) is 0.692. The molecule has 4 rings (SSSR count). The first-order valence-corrected chi connectivity index (χ1v) is 9.05. The highest BCUT2D eigenvalue weighted by atomic mass is 32.1. The number of hydrogen-bond acceptors (Lipinski definition) is 4. The highest BCUT2D eigenvalue weighted by Crippen LogP contribution is 2.33. The van der Waals surface area contributed by atoms with Crippen LogP contribution in [0.3, 0.4) is 0 Å². The molecule has 1 aliphatic carbocycles. The average Bonchev–Trinajstić information content (AvgIpc) is 3.02. The molecular weight excluding hydrogens is 325 g/mol. The lowest BCUT2D eigenvalue weighted by Crippen LogP contribution is -2.30. The van der Waals surface area contributed by atoms with Crippen LogP contribution in [0.25, 0.3) is 21.5 Å². The summed E-state index contributed by atoms with van der Waals surface area (Å²) < 4.78 is 19.9. The summed E-state index contributed by atoms with van der Waals surface area (Å²) in [5.41, 5.74) is 2.02. The standard InChI is InChI=1S/C18H18FN3OS/c1-11-4-2-3-5-14(11)22-10-20-16-15(21-24-17(16)18(22)23)12-6-8-13(19)9-7-12/h6-11,14H,2-5H2,1H3/t11-,14+/m0/s1. The first kappa shape index (κ1) is 15.4. The van der Waals surface area contributed by atoms with Gasteiger partial charge in [-0.2, -0.15) is 4.37 Å². The van der Waals surface area contributed by atoms with Gasteiger partial charge < -0.3 is 0 Å². The number of hydrogen-bond donors (Lipinski definition) is 0. The lowest BCUT2D eigenvalue weighted by molar-refractivity contribution is 0.251. The molecule has 24 heavy (non-hydrogen) atoms. The van der Waals surface area contributed by atoms with Gasteiger partial charge in [0, 0.05) is 11.6 Å². The van der Waals surface area contributed by atoms with Gasteiger partial charge in [-0.3, -0.25) is 9.36 Å². The molecule has 1 saturated carbocycles. The van der Waals surface area contributed by atoms with Crippen molar-refractivity contribution in [1.29, 1.82) is 0 Å². The summed E-state index contributed by atoms with van der Waals surface area (Å²) in [5.74, 6) is 0.195. The molecular formula is C18H18FN3OS. The third-order valence-corrected chi connectivity index (χ3v) is 5.77. The van der Waals surface area contributed by atoms with Crippen molar-refractivity contribution < 1.29 is 4.39 Å². The van der Waals surface area contributed by atoms with Gasteiger partial charge in [0.2, 0.25) is 0 Å². The molecule has 0 amide bonds. The van der Waals surface area contributed by atoms with Gasteiger partial charge in [0.15, 0.2) is 0 Å². The Labute approximate surface area is 143 Å². The zero-order valence-corrected chi connectivity index (χ0v) is 14.2. The minimum absolute atomic E-state index is 0.00962. The summed E-state index contributed by atoms with van der Waals surface area (Å²) in [6, 6.07) is 6.34. The molecule has 0 aliphatic heterocycles. The Hall–Kier alpha value is -2.08. The fourth-order valence-corrected chi connectivity index (χ4v) is 4.37. The zero-order valence-electron chi connectivity index (χ0n) is 13.4. The maximum absolute atomic E-state index is 13.1. The van der Waals surface area contributed by atoms with Crippen LogP contribution in [0.15, 0.2) is 35.4 Å². The van der Waals surface area contributed by atoms with E-state index in [1.807, 2.05) is 0 Å². The van der Waals surface area contributed by atoms with E-state index >= 15 is 0 Å². The molecule has 1 aliphatic rings. The second kappa shape index (κ2) is 6.09. The van der Waals surface area contributed by atoms with E-state index < -0.39 is 0 Å². The van der Waals surface area contributed by atoms with E-state index in [9.17, 15) is 9.18 Å². The SMILES string of the molecule is C[C@H]1CCCC[C@H]1n1cnc2c(-c3ccc(F)cc3)nsc2c1=O. The number of halogens is 1. The van der Waals surface area contributed by atoms with Crippen molar-refractivity contribution in [3.05, 3.63) is 46.8 Å². The van der Waals surface area contributed by atoms with Gasteiger partial charge in [-0.05, 0) is 54.6 Å². The summed E-state index contributed by atoms with van der Waals surface area (Å²) in [5, 5.41) is 0. The average molecular weight is 343 g/mol. The highest BCUT2D eigenvalue weighted by molar-refractivity contribution is 7.13. The van der Waals surface area contributed by atoms with Crippen LogP contribution in [0, 0.1) is 11.7 Å². The monoisotopic (exact) mass is 343 g/mol. The van der Waals surface area contributed by atoms with Crippen LogP contribution in [0.2, 0.25) is 0 Å². The fraction of sp³-hybridized carbons (Fsp3) is 0.389. The minimum Gasteiger partial charge on any atom is -0.295 e. The van der Waals surface area contributed by atoms with E-state index in [1.165, 1.54) is 30.1 Å². The number of fused-ring (bicyclic) bond motifs is 1. The van der Waals surface area contributed by atoms with Gasteiger partial charge in [-0.1, -0.05) is 19.8 Å². The fourth-order valence-electron chi connectivity index (χ4n) is 3.58. The summed E-state index contributed by atoms with van der Waals surface area (Å²) in [6.45, 7) is 2.21. The van der Waals surface area contributed by atoms with E-state index in [-0.39, 0.29) is 17.4 Å². The molecule has 0 spiro atoms. The van der Waals surface area contributed by atoms with Crippen LogP contribution in [0.5, 0.6) is 0 Å². The molecule has 0 N–H and O–H groups in total. The summed E-state index contributed by atoms with van der Waals surface area (Å²) in [6.07, 6.45) is 6.23. The van der Waals surface area contributed by atoms with Gasteiger partial charge in [-0.25, -0.2) is 9.37 Å². The predicted molar refractivity (Wildman–Crippen MR) is 93.7 cm³/mol. The molecule has 6 heteroatoms. The van der Waals surface area contributed by atoms with Crippen molar-refractivity contribution in [2.45, 2.75) is 38.6 Å². The Morgan fingerprint density at radius 1 is 1.21 bits per heavy atom. The molecule has 4 nitrogen and oxygen atoms in total. The Morgan fingerprint density at radius 3 is 2.71 bits per heavy atom. The molecule has 2 atom stereocenters. The lowest BCUT2D eigenvalue weighted by atomic mass is 9.86. The van der Waals surface area contributed by atoms with E-state index in [1.54, 1.807) is 23.0 Å². The first-order valence-electron chi connectivity index (χ1n) is 8.27. The molecule has 1 aromatic carbocycles. The molecule has 1 fully saturated rings. The van der Waals surface area contributed by atoms with Crippen LogP contribution >= 0.6 is 11.5 Å². The maximum Gasteiger partial charge on any atom is 0.273 e. The second-order valence-corrected chi connectivity index (χ2v) is 7.28. The van der Waals surface area contributed by atoms with E-state index in [4.69, 9.17) is 0 Å². The molecule has 0 saturated heterocycles. The van der Waals surface area contributed by atoms with Gasteiger partial charge in [0.05, 0.1) is 6.33 Å². The molecule has 0 unspecified atom stereocenters. The predicted octanol–water partition coefficient (Wildman–Crippen LogP) is 4.41. The van der Waals surface area contributed by atoms with Crippen LogP contribution < -0.4 is 5.56 Å². The Kier molecular flexibility index (Phi) is 3.92. The number of nitrogens with zero attached hydrogens (tertiary/aromatic N) is 3. The Balaban J connectivity index is 1.81. The topological polar surface area (TPSA) is 47.8 Å². The molecule has 0 bridgehead atoms. The van der Waals surface area contributed by atoms with Gasteiger partial charge >= 0.3 is 0 Å². The Bertz CT molecular complexity index is 932. The smallest absolute Gasteiger partial charge is 0.273 e. The lowest BCUT2D eigenvalue weighted by Gasteiger charge is -2.29. The maximum atomic E-state index is 13.1. The van der Waals surface area contributed by atoms with Crippen LogP contribution in [-0.4, -0.2) is 13.9 Å². The van der Waals surface area contributed by atoms with Crippen molar-refractivity contribution in [2.75, 3.05) is 0 Å². The highest BCUT2D eigenvalue weighted by Gasteiger charge is 2.25. The van der Waals surface area contributed by atoms with Crippen molar-refractivity contribution in [1.82, 2.24) is 13.9 Å². The van der Waals surface area contributed by atoms with Crippen molar-refractivity contribution in [3.8, 4) is 11.3 Å². The molecule has 3 aromatic rings. The number of benzene rings is 1. The minimum atomic E-state index is -0.292. The third-order valence-electron chi connectivity index (χ3n) is 4.95. The van der Waals surface area contributed by atoms with Gasteiger partial charge in [0.1, 0.15) is 21.7 Å². The summed E-state index contributed by atoms with van der Waals surface area (Å²) in [4.78, 5) is 17.4. The van der Waals surface area contributed by atoms with Gasteiger partial charge in [-0.15, -0.1) is 0 Å². The molecule has 2 aromatic heterocycles. The Morgan fingerprint density at radius 2 is 1.96 bits per heavy atom. The van der Waals surface area contributed by atoms with Crippen molar-refractivity contribution in [2.24, 2.45) is 5.92 Å². The number of aromatic nitrogens is 3. The van der Waals surface area contributed by atoms with Crippen LogP contribution in [0.1, 0.15) is 38.6 Å². The van der Waals surface area contributed by atoms with Crippen molar-refractivity contribution in [3.63, 3.8) is 0 Å². The zero-order chi connectivity index (χ0) is 16.7. The van der Waals surface area contributed by atoms with Gasteiger partial charge in [0.25, 0.3) is 5.56 Å². The van der Waals surface area contributed by atoms with Crippen LogP contribution in [0.4, 0.5) is 4.39 Å². The van der Waals surface area contributed by atoms with E-state index in [0.717, 1.165) is 24.8 Å². The van der Waals surface area contributed by atoms with E-state index in [2.05, 4.69) is 16.3 Å². The number of rotatable bonds is 2. The van der Waals surface area contributed by atoms with Crippen LogP contribution in [-0.2, 0) is 0 Å². The third kappa shape index (κ3) is 2.55. The molecule has 124 valence electrons. The van der Waals surface area contributed by atoms with E-state index in [0.29, 0.717) is 21.8 Å². The summed E-state index contributed by atoms with van der Waals surface area (Å²) >= 11 is 1.18. The normalized spacial score (nSPS) is 21.2. The molecule has 0 radical (unpaired) electrons. The largest absolute Gasteiger partial charge is 0.295 e. The second-order valence-electron chi connectivity index (χ2n) is 6.50. The summed E-state index contributed by atoms with van der Waals surface area (Å²) in [7, 11) is 0. The first-order chi connectivity index (χ1) is 11.6. The molecule has 2 heterocycles. The van der Waals surface area contributed by atoms with Crippen molar-refractivity contribution >= 4 is 21.7 Å².